The van der Waals surface area contributed by atoms with Crippen LogP contribution in [0.4, 0.5) is 0 Å². The van der Waals surface area contributed by atoms with Gasteiger partial charge in [0.05, 0.1) is 5.92 Å². The molecule has 18 heavy (non-hydrogen) atoms. The molecule has 0 aromatic rings. The standard InChI is InChI=1S/C15H27NO2/c1-2-3-4-5-6-7-8-11-14(17)13-10-9-12-16-15(13)18/h13H,2-12H2,1H3,(H,16,18). The fraction of sp³-hybridized carbons (Fsp3) is 0.867. The summed E-state index contributed by atoms with van der Waals surface area (Å²) < 4.78 is 0. The Morgan fingerprint density at radius 2 is 1.83 bits per heavy atom. The monoisotopic (exact) mass is 253 g/mol. The Morgan fingerprint density at radius 3 is 2.50 bits per heavy atom. The van der Waals surface area contributed by atoms with Gasteiger partial charge in [-0.1, -0.05) is 45.4 Å². The van der Waals surface area contributed by atoms with E-state index >= 15 is 0 Å². The Kier molecular flexibility index (Phi) is 7.70. The molecule has 3 nitrogen and oxygen atoms in total. The fourth-order valence-electron chi connectivity index (χ4n) is 2.51. The summed E-state index contributed by atoms with van der Waals surface area (Å²) in [6.45, 7) is 2.95. The minimum Gasteiger partial charge on any atom is -0.355 e. The van der Waals surface area contributed by atoms with Crippen molar-refractivity contribution in [1.29, 1.82) is 0 Å². The van der Waals surface area contributed by atoms with Crippen molar-refractivity contribution in [2.45, 2.75) is 71.1 Å². The first-order valence-corrected chi connectivity index (χ1v) is 7.56. The molecule has 1 atom stereocenters. The molecule has 1 heterocycles. The predicted molar refractivity (Wildman–Crippen MR) is 73.4 cm³/mol. The van der Waals surface area contributed by atoms with Gasteiger partial charge in [0.2, 0.25) is 5.91 Å². The SMILES string of the molecule is CCCCCCCCCC(=O)C1CCCNC1=O. The van der Waals surface area contributed by atoms with E-state index in [1.807, 2.05) is 0 Å². The summed E-state index contributed by atoms with van der Waals surface area (Å²) in [5.74, 6) is -0.242. The molecule has 1 unspecified atom stereocenters. The number of unbranched alkanes of at least 4 members (excludes halogenated alkanes) is 6. The molecule has 1 fully saturated rings. The molecule has 0 radical (unpaired) electrons. The van der Waals surface area contributed by atoms with Crippen LogP contribution in [0.1, 0.15) is 71.1 Å². The van der Waals surface area contributed by atoms with Gasteiger partial charge in [0.15, 0.2) is 0 Å². The Balaban J connectivity index is 2.04. The van der Waals surface area contributed by atoms with Crippen molar-refractivity contribution < 1.29 is 9.59 Å². The lowest BCUT2D eigenvalue weighted by Crippen LogP contribution is -2.40. The molecular weight excluding hydrogens is 226 g/mol. The summed E-state index contributed by atoms with van der Waals surface area (Å²) in [4.78, 5) is 23.4. The third-order valence-electron chi connectivity index (χ3n) is 3.70. The first-order valence-electron chi connectivity index (χ1n) is 7.56. The number of piperidine rings is 1. The van der Waals surface area contributed by atoms with E-state index in [1.165, 1.54) is 32.1 Å². The van der Waals surface area contributed by atoms with Gasteiger partial charge in [0, 0.05) is 13.0 Å². The van der Waals surface area contributed by atoms with Gasteiger partial charge in [-0.15, -0.1) is 0 Å². The molecule has 104 valence electrons. The van der Waals surface area contributed by atoms with E-state index in [4.69, 9.17) is 0 Å². The van der Waals surface area contributed by atoms with E-state index in [2.05, 4.69) is 12.2 Å². The molecule has 3 heteroatoms. The number of carbonyl (C=O) groups is 2. The quantitative estimate of drug-likeness (QED) is 0.506. The third kappa shape index (κ3) is 5.65. The zero-order valence-electron chi connectivity index (χ0n) is 11.7. The largest absolute Gasteiger partial charge is 0.355 e. The average Bonchev–Trinajstić information content (AvgIpc) is 2.38. The summed E-state index contributed by atoms with van der Waals surface area (Å²) in [7, 11) is 0. The van der Waals surface area contributed by atoms with Crippen molar-refractivity contribution in [3.05, 3.63) is 0 Å². The third-order valence-corrected chi connectivity index (χ3v) is 3.70. The van der Waals surface area contributed by atoms with E-state index in [0.717, 1.165) is 32.2 Å². The van der Waals surface area contributed by atoms with Gasteiger partial charge in [-0.2, -0.15) is 0 Å². The maximum Gasteiger partial charge on any atom is 0.230 e. The van der Waals surface area contributed by atoms with E-state index in [9.17, 15) is 9.59 Å². The molecule has 1 rings (SSSR count). The van der Waals surface area contributed by atoms with Crippen LogP contribution in [0.5, 0.6) is 0 Å². The lowest BCUT2D eigenvalue weighted by atomic mass is 9.91. The van der Waals surface area contributed by atoms with Crippen molar-refractivity contribution in [3.8, 4) is 0 Å². The number of ketones is 1. The van der Waals surface area contributed by atoms with Crippen LogP contribution in [0.2, 0.25) is 0 Å². The highest BCUT2D eigenvalue weighted by atomic mass is 16.2. The topological polar surface area (TPSA) is 46.2 Å². The number of carbonyl (C=O) groups excluding carboxylic acids is 2. The van der Waals surface area contributed by atoms with Crippen LogP contribution in [0.15, 0.2) is 0 Å². The Hall–Kier alpha value is -0.860. The lowest BCUT2D eigenvalue weighted by molar-refractivity contribution is -0.135. The van der Waals surface area contributed by atoms with Crippen LogP contribution >= 0.6 is 0 Å². The highest BCUT2D eigenvalue weighted by Gasteiger charge is 2.27. The molecule has 0 saturated carbocycles. The van der Waals surface area contributed by atoms with Crippen molar-refractivity contribution in [2.75, 3.05) is 6.54 Å². The smallest absolute Gasteiger partial charge is 0.230 e. The van der Waals surface area contributed by atoms with E-state index in [0.29, 0.717) is 6.42 Å². The highest BCUT2D eigenvalue weighted by molar-refractivity contribution is 6.01. The van der Waals surface area contributed by atoms with Gasteiger partial charge in [-0.25, -0.2) is 0 Å². The molecular formula is C15H27NO2. The summed E-state index contributed by atoms with van der Waals surface area (Å²) in [5, 5.41) is 2.78. The van der Waals surface area contributed by atoms with Crippen LogP contribution in [0, 0.1) is 5.92 Å². The van der Waals surface area contributed by atoms with Crippen molar-refractivity contribution in [2.24, 2.45) is 5.92 Å². The van der Waals surface area contributed by atoms with Crippen molar-refractivity contribution in [3.63, 3.8) is 0 Å². The lowest BCUT2D eigenvalue weighted by Gasteiger charge is -2.20. The fourth-order valence-corrected chi connectivity index (χ4v) is 2.51. The van der Waals surface area contributed by atoms with Crippen LogP contribution < -0.4 is 5.32 Å². The van der Waals surface area contributed by atoms with Crippen molar-refractivity contribution >= 4 is 11.7 Å². The number of hydrogen-bond donors (Lipinski definition) is 1. The molecule has 1 N–H and O–H groups in total. The van der Waals surface area contributed by atoms with E-state index < -0.39 is 0 Å². The van der Waals surface area contributed by atoms with Crippen LogP contribution in [0.3, 0.4) is 0 Å². The van der Waals surface area contributed by atoms with Crippen LogP contribution in [-0.2, 0) is 9.59 Å². The van der Waals surface area contributed by atoms with E-state index in [-0.39, 0.29) is 17.6 Å². The van der Waals surface area contributed by atoms with Gasteiger partial charge in [-0.05, 0) is 19.3 Å². The molecule has 0 aliphatic carbocycles. The molecule has 1 amide bonds. The van der Waals surface area contributed by atoms with Gasteiger partial charge >= 0.3 is 0 Å². The first-order chi connectivity index (χ1) is 8.75. The number of Topliss-reactive ketones (excluding diaryl/α,β-unsaturated/α-hetero) is 1. The van der Waals surface area contributed by atoms with Crippen LogP contribution in [-0.4, -0.2) is 18.2 Å². The van der Waals surface area contributed by atoms with Gasteiger partial charge < -0.3 is 5.32 Å². The van der Waals surface area contributed by atoms with E-state index in [1.54, 1.807) is 0 Å². The molecule has 0 spiro atoms. The predicted octanol–water partition coefficient (Wildman–Crippen LogP) is 3.22. The Morgan fingerprint density at radius 1 is 1.17 bits per heavy atom. The number of nitrogens with one attached hydrogen (secondary N) is 1. The normalized spacial score (nSPS) is 19.6. The summed E-state index contributed by atoms with van der Waals surface area (Å²) >= 11 is 0. The molecule has 1 saturated heterocycles. The highest BCUT2D eigenvalue weighted by Crippen LogP contribution is 2.16. The average molecular weight is 253 g/mol. The minimum absolute atomic E-state index is 0.0470. The second-order valence-electron chi connectivity index (χ2n) is 5.32. The second-order valence-corrected chi connectivity index (χ2v) is 5.32. The van der Waals surface area contributed by atoms with Crippen LogP contribution in [0.25, 0.3) is 0 Å². The molecule has 0 aromatic heterocycles. The van der Waals surface area contributed by atoms with Crippen molar-refractivity contribution in [1.82, 2.24) is 5.32 Å². The maximum atomic E-state index is 11.9. The zero-order chi connectivity index (χ0) is 13.2. The minimum atomic E-state index is -0.348. The zero-order valence-corrected chi connectivity index (χ0v) is 11.7. The molecule has 1 aliphatic heterocycles. The number of rotatable bonds is 9. The number of amides is 1. The Labute approximate surface area is 111 Å². The Bertz CT molecular complexity index is 263. The summed E-state index contributed by atoms with van der Waals surface area (Å²) in [5.41, 5.74) is 0. The van der Waals surface area contributed by atoms with Gasteiger partial charge in [0.1, 0.15) is 5.78 Å². The summed E-state index contributed by atoms with van der Waals surface area (Å²) in [6.07, 6.45) is 10.8. The molecule has 0 aromatic carbocycles. The molecule has 0 bridgehead atoms. The van der Waals surface area contributed by atoms with Gasteiger partial charge in [0.25, 0.3) is 0 Å². The maximum absolute atomic E-state index is 11.9. The van der Waals surface area contributed by atoms with Gasteiger partial charge in [-0.3, -0.25) is 9.59 Å². The first kappa shape index (κ1) is 15.2. The molecule has 1 aliphatic rings. The number of hydrogen-bond acceptors (Lipinski definition) is 2. The summed E-state index contributed by atoms with van der Waals surface area (Å²) in [6, 6.07) is 0. The second kappa shape index (κ2) is 9.12.